The van der Waals surface area contributed by atoms with Crippen molar-refractivity contribution < 1.29 is 49.4 Å². The number of carboxylic acids is 1. The first kappa shape index (κ1) is 17.4. The van der Waals surface area contributed by atoms with E-state index >= 15 is 0 Å². The van der Waals surface area contributed by atoms with E-state index in [-0.39, 0.29) is 47.2 Å². The van der Waals surface area contributed by atoms with Crippen molar-refractivity contribution in [1.82, 2.24) is 25.1 Å². The fourth-order valence-electron chi connectivity index (χ4n) is 2.73. The number of hydrogen-bond donors (Lipinski definition) is 1. The van der Waals surface area contributed by atoms with Crippen LogP contribution in [-0.2, 0) is 16.6 Å². The molecule has 3 atom stereocenters. The summed E-state index contributed by atoms with van der Waals surface area (Å²) in [6, 6.07) is -0.339. The van der Waals surface area contributed by atoms with E-state index in [2.05, 4.69) is 15.5 Å². The number of fused-ring (bicyclic) bond motifs is 1. The zero-order valence-corrected chi connectivity index (χ0v) is 15.1. The summed E-state index contributed by atoms with van der Waals surface area (Å²) in [4.78, 5) is 25.0. The number of rotatable bonds is 4. The number of tetrazole rings is 1. The number of nitrogens with zero attached hydrogens (tertiary/aromatic N) is 5. The third kappa shape index (κ3) is 2.58. The van der Waals surface area contributed by atoms with Crippen molar-refractivity contribution >= 4 is 23.6 Å². The van der Waals surface area contributed by atoms with Crippen LogP contribution in [0.4, 0.5) is 0 Å². The van der Waals surface area contributed by atoms with Crippen LogP contribution in [0.3, 0.4) is 0 Å². The van der Waals surface area contributed by atoms with Gasteiger partial charge < -0.3 is 19.9 Å². The first-order valence-corrected chi connectivity index (χ1v) is 7.09. The molecule has 0 saturated carbocycles. The predicted molar refractivity (Wildman–Crippen MR) is 67.1 cm³/mol. The van der Waals surface area contributed by atoms with Gasteiger partial charge in [-0.3, -0.25) is 4.79 Å². The van der Waals surface area contributed by atoms with Gasteiger partial charge in [-0.1, -0.05) is 11.8 Å². The molecular weight excluding hydrogens is 321 g/mol. The van der Waals surface area contributed by atoms with Gasteiger partial charge in [0.15, 0.2) is 0 Å². The van der Waals surface area contributed by atoms with E-state index in [9.17, 15) is 19.8 Å². The molecule has 1 saturated heterocycles. The Balaban J connectivity index is 0.00000176. The molecule has 0 radical (unpaired) electrons. The number of aliphatic hydroxyl groups excluding tert-OH is 1. The molecule has 0 bridgehead atoms. The molecule has 0 aromatic carbocycles. The second kappa shape index (κ2) is 6.28. The minimum Gasteiger partial charge on any atom is -0.543 e. The van der Waals surface area contributed by atoms with Crippen LogP contribution < -0.4 is 34.7 Å². The Kier molecular flexibility index (Phi) is 4.97. The number of amides is 1. The minimum absolute atomic E-state index is 0. The van der Waals surface area contributed by atoms with Crippen LogP contribution in [0.15, 0.2) is 15.8 Å². The molecule has 1 aromatic rings. The van der Waals surface area contributed by atoms with Crippen molar-refractivity contribution in [3.8, 4) is 0 Å². The molecule has 1 N–H and O–H groups in total. The molecule has 2 aliphatic rings. The summed E-state index contributed by atoms with van der Waals surface area (Å²) in [7, 11) is 1.63. The summed E-state index contributed by atoms with van der Waals surface area (Å²) in [6.45, 7) is 1.52. The number of aliphatic carboxylic acids is 1. The van der Waals surface area contributed by atoms with E-state index < -0.39 is 18.0 Å². The normalized spacial score (nSPS) is 24.7. The molecule has 2 aliphatic heterocycles. The van der Waals surface area contributed by atoms with E-state index in [0.29, 0.717) is 16.5 Å². The van der Waals surface area contributed by atoms with E-state index in [1.807, 2.05) is 0 Å². The number of aryl methyl sites for hydroxylation is 1. The largest absolute Gasteiger partial charge is 1.00 e. The smallest absolute Gasteiger partial charge is 0.543 e. The maximum Gasteiger partial charge on any atom is 1.00 e. The molecule has 9 nitrogen and oxygen atoms in total. The number of carbonyl (C=O) groups excluding carboxylic acids is 2. The van der Waals surface area contributed by atoms with Crippen LogP contribution in [0.1, 0.15) is 13.3 Å². The van der Waals surface area contributed by atoms with Crippen LogP contribution >= 0.6 is 11.8 Å². The number of carboxylic acid groups (broad SMARTS) is 1. The number of thioether (sulfide) groups is 1. The van der Waals surface area contributed by atoms with Crippen LogP contribution in [-0.4, -0.2) is 54.2 Å². The first-order chi connectivity index (χ1) is 9.91. The van der Waals surface area contributed by atoms with Crippen LogP contribution in [0.25, 0.3) is 0 Å². The van der Waals surface area contributed by atoms with E-state index in [1.54, 1.807) is 7.05 Å². The van der Waals surface area contributed by atoms with Crippen molar-refractivity contribution in [2.24, 2.45) is 13.0 Å². The van der Waals surface area contributed by atoms with Crippen molar-refractivity contribution in [3.05, 3.63) is 10.6 Å². The number of hydrogen-bond acceptors (Lipinski definition) is 8. The SMILES string of the molecule is CC(O)C1C(=O)N2C(C(=O)[O-])=C(Sc3nnnn3C)CC12.[Na+]. The standard InChI is InChI=1S/C11H13N5O4S.Na/c1-4(17)7-5-3-6(21-11-12-13-14-15(11)2)8(10(19)20)16(5)9(7)18;/h4-5,7,17H,3H2,1-2H3,(H,19,20);/q;+1/p-1. The Morgan fingerprint density at radius 2 is 2.23 bits per heavy atom. The first-order valence-electron chi connectivity index (χ1n) is 6.27. The van der Waals surface area contributed by atoms with E-state index in [1.165, 1.54) is 16.5 Å². The Bertz CT molecular complexity index is 661. The summed E-state index contributed by atoms with van der Waals surface area (Å²) in [5, 5.41) is 32.3. The molecule has 11 heteroatoms. The summed E-state index contributed by atoms with van der Waals surface area (Å²) >= 11 is 1.09. The van der Waals surface area contributed by atoms with Gasteiger partial charge in [0.05, 0.1) is 29.7 Å². The van der Waals surface area contributed by atoms with Gasteiger partial charge in [-0.15, -0.1) is 5.10 Å². The van der Waals surface area contributed by atoms with Gasteiger partial charge in [-0.2, -0.15) is 0 Å². The van der Waals surface area contributed by atoms with Gasteiger partial charge in [0, 0.05) is 18.4 Å². The van der Waals surface area contributed by atoms with Gasteiger partial charge >= 0.3 is 29.6 Å². The fourth-order valence-corrected chi connectivity index (χ4v) is 3.73. The zero-order valence-electron chi connectivity index (χ0n) is 12.3. The van der Waals surface area contributed by atoms with Crippen molar-refractivity contribution in [2.75, 3.05) is 0 Å². The topological polar surface area (TPSA) is 124 Å². The van der Waals surface area contributed by atoms with E-state index in [4.69, 9.17) is 0 Å². The summed E-state index contributed by atoms with van der Waals surface area (Å²) in [5.74, 6) is -2.37. The quantitative estimate of drug-likeness (QED) is 0.428. The van der Waals surface area contributed by atoms with Crippen LogP contribution in [0.2, 0.25) is 0 Å². The van der Waals surface area contributed by atoms with Crippen molar-refractivity contribution in [1.29, 1.82) is 0 Å². The van der Waals surface area contributed by atoms with Gasteiger partial charge in [0.2, 0.25) is 11.1 Å². The average Bonchev–Trinajstić information content (AvgIpc) is 2.92. The van der Waals surface area contributed by atoms with Gasteiger partial charge in [-0.25, -0.2) is 4.68 Å². The zero-order chi connectivity index (χ0) is 15.3. The van der Waals surface area contributed by atoms with Gasteiger partial charge in [0.1, 0.15) is 0 Å². The molecule has 1 aromatic heterocycles. The number of carbonyl (C=O) groups is 2. The Hall–Kier alpha value is -0.940. The molecule has 112 valence electrons. The summed E-state index contributed by atoms with van der Waals surface area (Å²) < 4.78 is 1.41. The van der Waals surface area contributed by atoms with Crippen molar-refractivity contribution in [3.63, 3.8) is 0 Å². The Labute approximate surface area is 152 Å². The predicted octanol–water partition coefficient (Wildman–Crippen LogP) is -5.12. The molecule has 1 amide bonds. The average molecular weight is 333 g/mol. The summed E-state index contributed by atoms with van der Waals surface area (Å²) in [6.07, 6.45) is -0.468. The fraction of sp³-hybridized carbons (Fsp3) is 0.545. The molecule has 3 unspecified atom stereocenters. The number of aromatic nitrogens is 4. The van der Waals surface area contributed by atoms with Crippen LogP contribution in [0, 0.1) is 5.92 Å². The molecule has 22 heavy (non-hydrogen) atoms. The second-order valence-corrected chi connectivity index (χ2v) is 6.05. The maximum absolute atomic E-state index is 12.0. The molecule has 1 fully saturated rings. The third-order valence-electron chi connectivity index (χ3n) is 3.68. The van der Waals surface area contributed by atoms with Gasteiger partial charge in [0.25, 0.3) is 0 Å². The molecule has 0 spiro atoms. The van der Waals surface area contributed by atoms with Crippen molar-refractivity contribution in [2.45, 2.75) is 30.6 Å². The Morgan fingerprint density at radius 3 is 2.73 bits per heavy atom. The van der Waals surface area contributed by atoms with Gasteiger partial charge in [-0.05, 0) is 17.4 Å². The molecule has 0 aliphatic carbocycles. The number of aliphatic hydroxyl groups is 1. The minimum atomic E-state index is -1.41. The van der Waals surface area contributed by atoms with E-state index in [0.717, 1.165) is 11.8 Å². The second-order valence-electron chi connectivity index (χ2n) is 4.99. The summed E-state index contributed by atoms with van der Waals surface area (Å²) in [5.41, 5.74) is -0.144. The molecular formula is C11H12N5NaO4S. The third-order valence-corrected chi connectivity index (χ3v) is 4.81. The van der Waals surface area contributed by atoms with Crippen LogP contribution in [0.5, 0.6) is 0 Å². The monoisotopic (exact) mass is 333 g/mol. The number of β-lactam (4-membered cyclic amide) rings is 1. The Morgan fingerprint density at radius 1 is 1.55 bits per heavy atom. The molecule has 3 heterocycles. The molecule has 3 rings (SSSR count). The maximum atomic E-state index is 12.0.